The maximum absolute atomic E-state index is 16.0. The van der Waals surface area contributed by atoms with Crippen LogP contribution in [0.25, 0.3) is 55.4 Å². The summed E-state index contributed by atoms with van der Waals surface area (Å²) in [4.78, 5) is 43.2. The summed E-state index contributed by atoms with van der Waals surface area (Å²) >= 11 is 6.09. The highest BCUT2D eigenvalue weighted by atomic mass is 35.5. The summed E-state index contributed by atoms with van der Waals surface area (Å²) in [5.74, 6) is 1.54. The molecule has 4 aromatic heterocycles. The lowest BCUT2D eigenvalue weighted by Gasteiger charge is -2.35. The minimum Gasteiger partial charge on any atom is -0.486 e. The number of hydrogen-bond donors (Lipinski definition) is 3. The van der Waals surface area contributed by atoms with Crippen LogP contribution in [0.1, 0.15) is 119 Å². The highest BCUT2D eigenvalue weighted by Crippen LogP contribution is 2.53. The monoisotopic (exact) mass is 1130 g/mol. The molecule has 426 valence electrons. The van der Waals surface area contributed by atoms with Gasteiger partial charge >= 0.3 is 6.01 Å². The molecule has 1 aliphatic carbocycles. The molecule has 4 saturated heterocycles. The van der Waals surface area contributed by atoms with E-state index in [2.05, 4.69) is 67.9 Å². The minimum atomic E-state index is -0.427. The van der Waals surface area contributed by atoms with E-state index in [9.17, 15) is 9.59 Å². The number of H-pyrrole nitrogens is 1. The molecule has 4 aromatic carbocycles. The van der Waals surface area contributed by atoms with Gasteiger partial charge in [0.05, 0.1) is 47.9 Å². The van der Waals surface area contributed by atoms with Gasteiger partial charge in [-0.05, 0) is 118 Å². The molecular formula is C63H70ClFN12O5. The number of fused-ring (bicyclic) bond motifs is 4. The fraction of sp³-hybridized carbons (Fsp3) is 0.429. The molecule has 1 saturated carbocycles. The smallest absolute Gasteiger partial charge is 0.319 e. The van der Waals surface area contributed by atoms with Crippen molar-refractivity contribution in [3.05, 3.63) is 124 Å². The molecular weight excluding hydrogens is 1060 g/mol. The maximum atomic E-state index is 16.0. The Morgan fingerprint density at radius 2 is 1.68 bits per heavy atom. The predicted octanol–water partition coefficient (Wildman–Crippen LogP) is 11.3. The third-order valence-electron chi connectivity index (χ3n) is 17.0. The van der Waals surface area contributed by atoms with Gasteiger partial charge in [0.25, 0.3) is 0 Å². The largest absolute Gasteiger partial charge is 0.486 e. The molecule has 2 bridgehead atoms. The molecule has 5 atom stereocenters. The SMILES string of the molecule is CC(NC=O)c1ccc(-c2ncccc2Cl)cc1.Cc1c(F)cc2[nH]ncc2c1-c1c(C2CC2)cc2c(N3CC4CCC(C3)N4)nc(OC3CCOCC3)nc2c1OCc1ccc(-c2cn(C(C(=O)N3CCCC3C)C(C)C)nn2)cc1. The molecule has 0 radical (unpaired) electrons. The number of benzene rings is 4. The lowest BCUT2D eigenvalue weighted by molar-refractivity contribution is -0.137. The van der Waals surface area contributed by atoms with Crippen LogP contribution in [0.2, 0.25) is 5.02 Å². The quantitative estimate of drug-likeness (QED) is 0.0776. The number of likely N-dealkylation sites (tertiary alicyclic amines) is 1. The molecule has 4 aliphatic heterocycles. The van der Waals surface area contributed by atoms with Crippen molar-refractivity contribution in [2.45, 2.75) is 135 Å². The van der Waals surface area contributed by atoms with Crippen LogP contribution in [-0.2, 0) is 20.9 Å². The van der Waals surface area contributed by atoms with Crippen molar-refractivity contribution < 1.29 is 28.2 Å². The van der Waals surface area contributed by atoms with E-state index in [1.54, 1.807) is 23.1 Å². The van der Waals surface area contributed by atoms with Crippen molar-refractivity contribution in [2.24, 2.45) is 5.92 Å². The van der Waals surface area contributed by atoms with E-state index in [4.69, 9.17) is 35.8 Å². The Kier molecular flexibility index (Phi) is 15.9. The van der Waals surface area contributed by atoms with Crippen LogP contribution >= 0.6 is 11.6 Å². The number of aromatic nitrogens is 8. The first-order chi connectivity index (χ1) is 39.9. The lowest BCUT2D eigenvalue weighted by Crippen LogP contribution is -2.51. The molecule has 82 heavy (non-hydrogen) atoms. The highest BCUT2D eigenvalue weighted by molar-refractivity contribution is 6.33. The standard InChI is InChI=1S/C49H57FN10O4.C14H13ClN2O/c1-27(2)45(48(61)59-17-5-6-28(59)3)60-25-41(56-57-60)32-9-7-30(8-10-32)26-63-46-43(42-29(4)39(50)21-40-38(42)22-51-55-40)36(31-11-12-31)20-37-44(46)53-49(64-35-15-18-62-19-16-35)54-47(37)58-23-33-13-14-34(24-58)52-33;1-10(17-9-18)11-4-6-12(7-5-11)14-13(15)3-2-8-16-14/h7-10,20-22,25,27-28,31,33-35,45,52H,5-6,11-19,23-24,26H2,1-4H3,(H,51,55);2-10H,1H3,(H,17,18). The molecule has 19 heteroatoms. The van der Waals surface area contributed by atoms with Crippen LogP contribution < -0.4 is 25.0 Å². The zero-order valence-corrected chi connectivity index (χ0v) is 47.8. The fourth-order valence-electron chi connectivity index (χ4n) is 12.4. The average Bonchev–Trinajstić information content (AvgIpc) is 2.27. The number of hydrogen-bond acceptors (Lipinski definition) is 13. The summed E-state index contributed by atoms with van der Waals surface area (Å²) in [7, 11) is 0. The van der Waals surface area contributed by atoms with E-state index in [0.29, 0.717) is 70.8 Å². The van der Waals surface area contributed by atoms with Gasteiger partial charge in [0.15, 0.2) is 5.75 Å². The number of aromatic amines is 1. The van der Waals surface area contributed by atoms with Crippen LogP contribution in [0, 0.1) is 18.7 Å². The minimum absolute atomic E-state index is 0.00393. The molecule has 13 rings (SSSR count). The molecule has 8 aromatic rings. The van der Waals surface area contributed by atoms with Crippen LogP contribution in [0.3, 0.4) is 0 Å². The molecule has 5 aliphatic rings. The Morgan fingerprint density at radius 3 is 2.38 bits per heavy atom. The second-order valence-electron chi connectivity index (χ2n) is 23.1. The first kappa shape index (κ1) is 55.0. The maximum Gasteiger partial charge on any atom is 0.319 e. The number of ether oxygens (including phenoxy) is 3. The number of nitrogens with zero attached hydrogens (tertiary/aromatic N) is 9. The van der Waals surface area contributed by atoms with Gasteiger partial charge in [-0.1, -0.05) is 79.2 Å². The molecule has 8 heterocycles. The van der Waals surface area contributed by atoms with Crippen molar-refractivity contribution >= 4 is 51.5 Å². The van der Waals surface area contributed by atoms with Gasteiger partial charge in [-0.3, -0.25) is 19.7 Å². The number of rotatable bonds is 16. The zero-order valence-electron chi connectivity index (χ0n) is 47.1. The van der Waals surface area contributed by atoms with E-state index >= 15 is 4.39 Å². The summed E-state index contributed by atoms with van der Waals surface area (Å²) < 4.78 is 37.2. The highest BCUT2D eigenvalue weighted by Gasteiger charge is 2.38. The lowest BCUT2D eigenvalue weighted by atomic mass is 9.88. The average molecular weight is 1130 g/mol. The van der Waals surface area contributed by atoms with Gasteiger partial charge in [0.2, 0.25) is 12.3 Å². The normalized spacial score (nSPS) is 19.8. The number of pyridine rings is 1. The van der Waals surface area contributed by atoms with Crippen LogP contribution in [0.15, 0.2) is 91.4 Å². The van der Waals surface area contributed by atoms with Crippen molar-refractivity contribution in [1.82, 2.24) is 55.7 Å². The molecule has 2 amide bonds. The van der Waals surface area contributed by atoms with Crippen LogP contribution in [0.5, 0.6) is 11.8 Å². The molecule has 5 unspecified atom stereocenters. The Bertz CT molecular complexity index is 3590. The second kappa shape index (κ2) is 23.7. The van der Waals surface area contributed by atoms with Gasteiger partial charge in [-0.2, -0.15) is 15.1 Å². The summed E-state index contributed by atoms with van der Waals surface area (Å²) in [5, 5.41) is 25.3. The van der Waals surface area contributed by atoms with Gasteiger partial charge in [-0.25, -0.2) is 9.07 Å². The Morgan fingerprint density at radius 1 is 0.927 bits per heavy atom. The van der Waals surface area contributed by atoms with E-state index in [1.165, 1.54) is 6.07 Å². The molecule has 0 spiro atoms. The number of carbonyl (C=O) groups is 2. The Balaban J connectivity index is 0.000000315. The summed E-state index contributed by atoms with van der Waals surface area (Å²) in [6, 6.07) is 24.2. The second-order valence-corrected chi connectivity index (χ2v) is 23.5. The topological polar surface area (TPSA) is 190 Å². The van der Waals surface area contributed by atoms with Gasteiger partial charge in [-0.15, -0.1) is 5.10 Å². The number of nitrogens with one attached hydrogen (secondary N) is 3. The Hall–Kier alpha value is -7.54. The number of piperazine rings is 1. The van der Waals surface area contributed by atoms with Crippen LogP contribution in [-0.4, -0.2) is 114 Å². The number of halogens is 2. The van der Waals surface area contributed by atoms with Crippen molar-refractivity contribution in [3.8, 4) is 45.4 Å². The van der Waals surface area contributed by atoms with E-state index < -0.39 is 6.04 Å². The molecule has 17 nitrogen and oxygen atoms in total. The third kappa shape index (κ3) is 11.4. The summed E-state index contributed by atoms with van der Waals surface area (Å²) in [6.07, 6.45) is 13.9. The van der Waals surface area contributed by atoms with E-state index in [1.807, 2.05) is 79.5 Å². The van der Waals surface area contributed by atoms with E-state index in [-0.39, 0.29) is 48.4 Å². The predicted molar refractivity (Wildman–Crippen MR) is 314 cm³/mol. The van der Waals surface area contributed by atoms with Gasteiger partial charge in [0, 0.05) is 89.8 Å². The number of amides is 2. The molecule has 3 N–H and O–H groups in total. The number of anilines is 1. The third-order valence-corrected chi connectivity index (χ3v) is 17.3. The zero-order chi connectivity index (χ0) is 56.6. The summed E-state index contributed by atoms with van der Waals surface area (Å²) in [6.45, 7) is 13.9. The number of carbonyl (C=O) groups excluding carboxylic acids is 2. The van der Waals surface area contributed by atoms with Crippen molar-refractivity contribution in [2.75, 3.05) is 37.7 Å². The Labute approximate surface area is 481 Å². The first-order valence-electron chi connectivity index (χ1n) is 29.0. The van der Waals surface area contributed by atoms with E-state index in [0.717, 1.165) is 132 Å². The van der Waals surface area contributed by atoms with Crippen molar-refractivity contribution in [1.29, 1.82) is 0 Å². The first-order valence-corrected chi connectivity index (χ1v) is 29.4. The van der Waals surface area contributed by atoms with Crippen LogP contribution in [0.4, 0.5) is 10.2 Å². The van der Waals surface area contributed by atoms with Gasteiger partial charge in [0.1, 0.15) is 41.6 Å². The fourth-order valence-corrected chi connectivity index (χ4v) is 12.6. The van der Waals surface area contributed by atoms with Crippen molar-refractivity contribution in [3.63, 3.8) is 0 Å². The molecule has 5 fully saturated rings. The summed E-state index contributed by atoms with van der Waals surface area (Å²) in [5.41, 5.74) is 9.77. The van der Waals surface area contributed by atoms with Gasteiger partial charge < -0.3 is 34.6 Å².